The van der Waals surface area contributed by atoms with Crippen LogP contribution in [0.25, 0.3) is 10.2 Å². The summed E-state index contributed by atoms with van der Waals surface area (Å²) in [4.78, 5) is 37.3. The Balaban J connectivity index is 1.45. The fourth-order valence-electron chi connectivity index (χ4n) is 3.76. The lowest BCUT2D eigenvalue weighted by atomic mass is 10.2. The number of fused-ring (bicyclic) bond motifs is 3. The number of H-pyrrole nitrogens is 1. The second-order valence-corrected chi connectivity index (χ2v) is 7.75. The zero-order chi connectivity index (χ0) is 17.4. The number of carbonyl (C=O) groups is 1. The van der Waals surface area contributed by atoms with E-state index in [1.54, 1.807) is 16.2 Å². The largest absolute Gasteiger partial charge is 0.450 e. The number of hydrogen-bond donors (Lipinski definition) is 2. The van der Waals surface area contributed by atoms with E-state index in [1.807, 2.05) is 6.92 Å². The molecule has 4 rings (SSSR count). The molecule has 1 saturated heterocycles. The predicted octanol–water partition coefficient (Wildman–Crippen LogP) is 0.330. The number of aromatic nitrogens is 2. The van der Waals surface area contributed by atoms with Crippen molar-refractivity contribution in [3.05, 3.63) is 26.6 Å². The molecule has 25 heavy (non-hydrogen) atoms. The SMILES string of the molecule is CCOC(=O)N1CC[NH+](Cc2nc3sc4c(c3c(=O)[nH]2)CCC4)CC1. The van der Waals surface area contributed by atoms with Crippen LogP contribution in [0.5, 0.6) is 0 Å². The zero-order valence-electron chi connectivity index (χ0n) is 14.4. The van der Waals surface area contributed by atoms with E-state index in [4.69, 9.17) is 9.72 Å². The smallest absolute Gasteiger partial charge is 0.410 e. The number of carbonyl (C=O) groups excluding carboxylic acids is 1. The molecular formula is C17H23N4O3S+. The van der Waals surface area contributed by atoms with E-state index < -0.39 is 0 Å². The molecule has 1 aliphatic heterocycles. The van der Waals surface area contributed by atoms with E-state index in [0.717, 1.165) is 48.4 Å². The van der Waals surface area contributed by atoms with Gasteiger partial charge in [-0.2, -0.15) is 0 Å². The van der Waals surface area contributed by atoms with Gasteiger partial charge in [-0.15, -0.1) is 11.3 Å². The van der Waals surface area contributed by atoms with Crippen molar-refractivity contribution in [3.63, 3.8) is 0 Å². The van der Waals surface area contributed by atoms with Gasteiger partial charge >= 0.3 is 6.09 Å². The molecule has 2 aromatic heterocycles. The van der Waals surface area contributed by atoms with Crippen molar-refractivity contribution in [2.45, 2.75) is 32.7 Å². The minimum Gasteiger partial charge on any atom is -0.450 e. The Bertz CT molecular complexity index is 851. The highest BCUT2D eigenvalue weighted by molar-refractivity contribution is 7.18. The van der Waals surface area contributed by atoms with Gasteiger partial charge in [-0.25, -0.2) is 9.78 Å². The number of quaternary nitrogens is 1. The molecule has 1 amide bonds. The van der Waals surface area contributed by atoms with Crippen molar-refractivity contribution in [1.29, 1.82) is 0 Å². The van der Waals surface area contributed by atoms with Gasteiger partial charge in [-0.05, 0) is 31.7 Å². The monoisotopic (exact) mass is 363 g/mol. The number of piperazine rings is 1. The molecule has 2 N–H and O–H groups in total. The van der Waals surface area contributed by atoms with E-state index in [0.29, 0.717) is 26.2 Å². The van der Waals surface area contributed by atoms with Gasteiger partial charge in [0, 0.05) is 4.88 Å². The van der Waals surface area contributed by atoms with Gasteiger partial charge in [0.1, 0.15) is 11.4 Å². The Morgan fingerprint density at radius 2 is 2.16 bits per heavy atom. The number of thiophene rings is 1. The normalized spacial score (nSPS) is 17.9. The van der Waals surface area contributed by atoms with Crippen molar-refractivity contribution in [1.82, 2.24) is 14.9 Å². The highest BCUT2D eigenvalue weighted by atomic mass is 32.1. The molecule has 0 aromatic carbocycles. The van der Waals surface area contributed by atoms with Gasteiger partial charge in [-0.3, -0.25) is 9.69 Å². The Morgan fingerprint density at radius 1 is 1.36 bits per heavy atom. The molecule has 0 bridgehead atoms. The lowest BCUT2D eigenvalue weighted by molar-refractivity contribution is -0.918. The fraction of sp³-hybridized carbons (Fsp3) is 0.588. The van der Waals surface area contributed by atoms with Gasteiger partial charge in [0.25, 0.3) is 5.56 Å². The Hall–Kier alpha value is -1.93. The summed E-state index contributed by atoms with van der Waals surface area (Å²) in [5.41, 5.74) is 1.22. The summed E-state index contributed by atoms with van der Waals surface area (Å²) in [5, 5.41) is 0.809. The first-order chi connectivity index (χ1) is 12.2. The average molecular weight is 363 g/mol. The van der Waals surface area contributed by atoms with Crippen LogP contribution in [0.2, 0.25) is 0 Å². The molecule has 7 nitrogen and oxygen atoms in total. The van der Waals surface area contributed by atoms with Crippen LogP contribution >= 0.6 is 11.3 Å². The summed E-state index contributed by atoms with van der Waals surface area (Å²) in [7, 11) is 0. The van der Waals surface area contributed by atoms with E-state index in [-0.39, 0.29) is 11.7 Å². The standard InChI is InChI=1S/C17H22N4O3S/c1-2-24-17(23)21-8-6-20(7-9-21)10-13-18-15(22)14-11-4-3-5-12(11)25-16(14)19-13/h2-10H2,1H3,(H,18,19,22)/p+1. The lowest BCUT2D eigenvalue weighted by Gasteiger charge is -2.31. The van der Waals surface area contributed by atoms with Gasteiger partial charge in [0.15, 0.2) is 5.82 Å². The van der Waals surface area contributed by atoms with E-state index in [2.05, 4.69) is 4.98 Å². The molecule has 0 radical (unpaired) electrons. The summed E-state index contributed by atoms with van der Waals surface area (Å²) in [5.74, 6) is 0.747. The first-order valence-electron chi connectivity index (χ1n) is 8.94. The molecule has 2 aromatic rings. The number of amides is 1. The summed E-state index contributed by atoms with van der Waals surface area (Å²) in [6.45, 7) is 5.93. The summed E-state index contributed by atoms with van der Waals surface area (Å²) in [6.07, 6.45) is 2.99. The van der Waals surface area contributed by atoms with Gasteiger partial charge in [0.2, 0.25) is 0 Å². The van der Waals surface area contributed by atoms with Crippen LogP contribution in [0.3, 0.4) is 0 Å². The van der Waals surface area contributed by atoms with Gasteiger partial charge in [0.05, 0.1) is 38.2 Å². The van der Waals surface area contributed by atoms with Gasteiger partial charge < -0.3 is 14.6 Å². The first kappa shape index (κ1) is 16.5. The maximum absolute atomic E-state index is 12.5. The number of rotatable bonds is 3. The number of nitrogens with one attached hydrogen (secondary N) is 2. The third-order valence-electron chi connectivity index (χ3n) is 5.04. The third-order valence-corrected chi connectivity index (χ3v) is 6.22. The number of aryl methyl sites for hydroxylation is 2. The predicted molar refractivity (Wildman–Crippen MR) is 95.3 cm³/mol. The maximum atomic E-state index is 12.5. The highest BCUT2D eigenvalue weighted by Gasteiger charge is 2.26. The van der Waals surface area contributed by atoms with Crippen LogP contribution in [-0.4, -0.2) is 53.7 Å². The summed E-state index contributed by atoms with van der Waals surface area (Å²) in [6, 6.07) is 0. The molecule has 1 aliphatic carbocycles. The zero-order valence-corrected chi connectivity index (χ0v) is 15.2. The molecule has 0 saturated carbocycles. The minimum atomic E-state index is -0.234. The minimum absolute atomic E-state index is 0.00367. The highest BCUT2D eigenvalue weighted by Crippen LogP contribution is 2.34. The van der Waals surface area contributed by atoms with Crippen LogP contribution in [-0.2, 0) is 24.1 Å². The number of hydrogen-bond acceptors (Lipinski definition) is 5. The third kappa shape index (κ3) is 3.16. The Morgan fingerprint density at radius 3 is 2.92 bits per heavy atom. The van der Waals surface area contributed by atoms with Crippen LogP contribution in [0.15, 0.2) is 4.79 Å². The first-order valence-corrected chi connectivity index (χ1v) is 9.76. The van der Waals surface area contributed by atoms with E-state index in [1.165, 1.54) is 15.3 Å². The summed E-state index contributed by atoms with van der Waals surface area (Å²) >= 11 is 1.68. The Labute approximate surface area is 149 Å². The second-order valence-electron chi connectivity index (χ2n) is 6.66. The molecule has 8 heteroatoms. The van der Waals surface area contributed by atoms with Crippen molar-refractivity contribution in [2.75, 3.05) is 32.8 Å². The second kappa shape index (κ2) is 6.76. The van der Waals surface area contributed by atoms with Crippen LogP contribution in [0, 0.1) is 0 Å². The van der Waals surface area contributed by atoms with Crippen LogP contribution in [0.4, 0.5) is 4.79 Å². The van der Waals surface area contributed by atoms with Crippen molar-refractivity contribution < 1.29 is 14.4 Å². The molecule has 0 unspecified atom stereocenters. The van der Waals surface area contributed by atoms with Crippen molar-refractivity contribution in [2.24, 2.45) is 0 Å². The molecule has 134 valence electrons. The number of nitrogens with zero attached hydrogens (tertiary/aromatic N) is 2. The van der Waals surface area contributed by atoms with Crippen LogP contribution in [0.1, 0.15) is 29.6 Å². The lowest BCUT2D eigenvalue weighted by Crippen LogP contribution is -3.13. The average Bonchev–Trinajstić information content (AvgIpc) is 3.16. The number of aromatic amines is 1. The Kier molecular flexibility index (Phi) is 4.47. The maximum Gasteiger partial charge on any atom is 0.410 e. The molecule has 2 aliphatic rings. The molecule has 0 atom stereocenters. The van der Waals surface area contributed by atoms with E-state index in [9.17, 15) is 9.59 Å². The van der Waals surface area contributed by atoms with Crippen LogP contribution < -0.4 is 10.5 Å². The van der Waals surface area contributed by atoms with Gasteiger partial charge in [-0.1, -0.05) is 0 Å². The number of ether oxygens (including phenoxy) is 1. The molecule has 3 heterocycles. The van der Waals surface area contributed by atoms with E-state index >= 15 is 0 Å². The molecule has 0 spiro atoms. The van der Waals surface area contributed by atoms with Crippen molar-refractivity contribution >= 4 is 27.6 Å². The summed E-state index contributed by atoms with van der Waals surface area (Å²) < 4.78 is 5.05. The fourth-order valence-corrected chi connectivity index (χ4v) is 5.05. The molecule has 1 fully saturated rings. The molecular weight excluding hydrogens is 340 g/mol. The topological polar surface area (TPSA) is 79.7 Å². The van der Waals surface area contributed by atoms with Crippen molar-refractivity contribution in [3.8, 4) is 0 Å². The quantitative estimate of drug-likeness (QED) is 0.824.